The number of nitrogens with zero attached hydrogens (tertiary/aromatic N) is 3. The highest BCUT2D eigenvalue weighted by molar-refractivity contribution is 7.90. The molecule has 2 aliphatic rings. The minimum atomic E-state index is -4.35. The van der Waals surface area contributed by atoms with E-state index >= 15 is 0 Å². The lowest BCUT2D eigenvalue weighted by Crippen LogP contribution is -2.43. The van der Waals surface area contributed by atoms with E-state index in [4.69, 9.17) is 5.73 Å². The summed E-state index contributed by atoms with van der Waals surface area (Å²) in [6.45, 7) is 6.75. The van der Waals surface area contributed by atoms with Crippen molar-refractivity contribution in [3.05, 3.63) is 47.7 Å². The summed E-state index contributed by atoms with van der Waals surface area (Å²) in [5.74, 6) is -1.74. The molecule has 2 aromatic heterocycles. The molecule has 0 radical (unpaired) electrons. The van der Waals surface area contributed by atoms with Crippen molar-refractivity contribution in [2.24, 2.45) is 11.8 Å². The number of aromatic nitrogens is 2. The predicted octanol–water partition coefficient (Wildman–Crippen LogP) is 4.55. The minimum Gasteiger partial charge on any atom is -0.384 e. The fraction of sp³-hybridized carbons (Fsp3) is 0.480. The third-order valence-corrected chi connectivity index (χ3v) is 8.78. The molecule has 3 N–H and O–H groups in total. The number of rotatable bonds is 5. The van der Waals surface area contributed by atoms with Crippen molar-refractivity contribution in [2.75, 3.05) is 17.2 Å². The number of hydrogen-bond acceptors (Lipinski definition) is 7. The van der Waals surface area contributed by atoms with Crippen molar-refractivity contribution in [3.8, 4) is 0 Å². The van der Waals surface area contributed by atoms with Gasteiger partial charge in [0.2, 0.25) is 0 Å². The largest absolute Gasteiger partial charge is 0.392 e. The Morgan fingerprint density at radius 2 is 1.97 bits per heavy atom. The van der Waals surface area contributed by atoms with Gasteiger partial charge < -0.3 is 10.6 Å². The second-order valence-corrected chi connectivity index (χ2v) is 11.8. The van der Waals surface area contributed by atoms with E-state index in [1.54, 1.807) is 6.20 Å². The maximum Gasteiger partial charge on any atom is 0.392 e. The summed E-state index contributed by atoms with van der Waals surface area (Å²) >= 11 is 0. The van der Waals surface area contributed by atoms with Crippen LogP contribution in [0.2, 0.25) is 0 Å². The van der Waals surface area contributed by atoms with Crippen molar-refractivity contribution >= 4 is 33.1 Å². The zero-order chi connectivity index (χ0) is 27.2. The molecule has 0 bridgehead atoms. The quantitative estimate of drug-likeness (QED) is 0.575. The first-order chi connectivity index (χ1) is 17.2. The van der Waals surface area contributed by atoms with E-state index in [2.05, 4.69) is 21.6 Å². The van der Waals surface area contributed by atoms with Crippen LogP contribution in [-0.4, -0.2) is 42.6 Å². The molecule has 1 aliphatic heterocycles. The Kier molecular flexibility index (Phi) is 7.00. The number of alkyl halides is 3. The number of allylic oxidation sites excluding steroid dienone is 2. The van der Waals surface area contributed by atoms with Gasteiger partial charge >= 0.3 is 6.18 Å². The molecule has 8 nitrogen and oxygen atoms in total. The van der Waals surface area contributed by atoms with Crippen LogP contribution in [-0.2, 0) is 10.0 Å². The van der Waals surface area contributed by atoms with Gasteiger partial charge in [-0.2, -0.15) is 21.6 Å². The van der Waals surface area contributed by atoms with E-state index in [-0.39, 0.29) is 42.1 Å². The monoisotopic (exact) mass is 537 g/mol. The third-order valence-electron chi connectivity index (χ3n) is 7.55. The molecule has 1 aliphatic carbocycles. The maximum atomic E-state index is 13.4. The molecule has 0 spiro atoms. The van der Waals surface area contributed by atoms with Gasteiger partial charge in [0, 0.05) is 18.3 Å². The molecule has 1 saturated heterocycles. The van der Waals surface area contributed by atoms with Gasteiger partial charge in [0.05, 0.1) is 11.5 Å². The molecule has 2 atom stereocenters. The number of carbonyl (C=O) groups excluding carboxylic acids is 1. The molecule has 37 heavy (non-hydrogen) atoms. The van der Waals surface area contributed by atoms with Crippen LogP contribution in [0.15, 0.2) is 41.6 Å². The van der Waals surface area contributed by atoms with Crippen molar-refractivity contribution in [1.29, 1.82) is 0 Å². The highest BCUT2D eigenvalue weighted by Gasteiger charge is 2.42. The van der Waals surface area contributed by atoms with Gasteiger partial charge in [-0.15, -0.1) is 0 Å². The average molecular weight is 538 g/mol. The van der Waals surface area contributed by atoms with Crippen LogP contribution < -0.4 is 15.4 Å². The van der Waals surface area contributed by atoms with Gasteiger partial charge in [-0.05, 0) is 74.8 Å². The standard InChI is InChI=1S/C25H30F3N5O3S/c1-15-11-12-33(24(15,2)3)22-19(23(34)32-37(35,36)21-6-4-5-20(29)31-21)13-17(14-30-22)16-7-9-18(10-8-16)25(26,27)28/h4-7,13-15,18H,8-12H2,1-3H3,(H2,29,31)(H,32,34). The second-order valence-electron chi connectivity index (χ2n) is 10.2. The zero-order valence-electron chi connectivity index (χ0n) is 20.8. The summed E-state index contributed by atoms with van der Waals surface area (Å²) in [4.78, 5) is 23.7. The van der Waals surface area contributed by atoms with Gasteiger partial charge in [-0.25, -0.2) is 14.7 Å². The summed E-state index contributed by atoms with van der Waals surface area (Å²) in [7, 11) is -4.35. The maximum absolute atomic E-state index is 13.4. The highest BCUT2D eigenvalue weighted by atomic mass is 32.2. The number of anilines is 2. The van der Waals surface area contributed by atoms with Crippen molar-refractivity contribution in [2.45, 2.75) is 63.2 Å². The first-order valence-corrected chi connectivity index (χ1v) is 13.5. The Morgan fingerprint density at radius 1 is 1.24 bits per heavy atom. The summed E-state index contributed by atoms with van der Waals surface area (Å²) in [5, 5.41) is -0.408. The molecule has 0 aromatic carbocycles. The van der Waals surface area contributed by atoms with Gasteiger partial charge in [0.25, 0.3) is 15.9 Å². The number of amides is 1. The molecular formula is C25H30F3N5O3S. The van der Waals surface area contributed by atoms with Gasteiger partial charge in [-0.1, -0.05) is 19.1 Å². The Labute approximate surface area is 214 Å². The number of nitrogens with one attached hydrogen (secondary N) is 1. The molecule has 3 heterocycles. The molecule has 0 saturated carbocycles. The normalized spacial score (nSPS) is 22.0. The first-order valence-electron chi connectivity index (χ1n) is 12.0. The lowest BCUT2D eigenvalue weighted by Gasteiger charge is -2.36. The van der Waals surface area contributed by atoms with Crippen LogP contribution in [0, 0.1) is 11.8 Å². The van der Waals surface area contributed by atoms with Crippen LogP contribution in [0.5, 0.6) is 0 Å². The van der Waals surface area contributed by atoms with Crippen molar-refractivity contribution in [1.82, 2.24) is 14.7 Å². The first kappa shape index (κ1) is 26.9. The van der Waals surface area contributed by atoms with E-state index in [0.717, 1.165) is 6.42 Å². The number of pyridine rings is 2. The van der Waals surface area contributed by atoms with Gasteiger partial charge in [0.1, 0.15) is 11.6 Å². The highest BCUT2D eigenvalue weighted by Crippen LogP contribution is 2.41. The summed E-state index contributed by atoms with van der Waals surface area (Å²) in [5.41, 5.74) is 6.39. The van der Waals surface area contributed by atoms with E-state index in [1.807, 2.05) is 18.7 Å². The van der Waals surface area contributed by atoms with Gasteiger partial charge in [0.15, 0.2) is 5.03 Å². The Bertz CT molecular complexity index is 1340. The number of sulfonamides is 1. The molecular weight excluding hydrogens is 507 g/mol. The van der Waals surface area contributed by atoms with Crippen LogP contribution >= 0.6 is 0 Å². The fourth-order valence-corrected chi connectivity index (χ4v) is 5.77. The average Bonchev–Trinajstić information content (AvgIpc) is 3.10. The van der Waals surface area contributed by atoms with Gasteiger partial charge in [-0.3, -0.25) is 4.79 Å². The number of hydrogen-bond donors (Lipinski definition) is 2. The molecule has 200 valence electrons. The molecule has 2 aromatic rings. The Balaban J connectivity index is 1.72. The minimum absolute atomic E-state index is 0.0194. The predicted molar refractivity (Wildman–Crippen MR) is 134 cm³/mol. The summed E-state index contributed by atoms with van der Waals surface area (Å²) in [6, 6.07) is 5.56. The smallest absolute Gasteiger partial charge is 0.384 e. The van der Waals surface area contributed by atoms with Crippen LogP contribution in [0.1, 0.15) is 62.4 Å². The van der Waals surface area contributed by atoms with E-state index in [0.29, 0.717) is 23.5 Å². The van der Waals surface area contributed by atoms with Crippen molar-refractivity contribution < 1.29 is 26.4 Å². The third kappa shape index (κ3) is 5.43. The summed E-state index contributed by atoms with van der Waals surface area (Å²) < 4.78 is 67.2. The van der Waals surface area contributed by atoms with Crippen molar-refractivity contribution in [3.63, 3.8) is 0 Å². The molecule has 4 rings (SSSR count). The van der Waals surface area contributed by atoms with Crippen LogP contribution in [0.4, 0.5) is 24.8 Å². The second kappa shape index (κ2) is 9.62. The number of nitrogens with two attached hydrogens (primary N) is 1. The fourth-order valence-electron chi connectivity index (χ4n) is 4.83. The molecule has 1 amide bonds. The van der Waals surface area contributed by atoms with E-state index in [9.17, 15) is 26.4 Å². The van der Waals surface area contributed by atoms with E-state index in [1.165, 1.54) is 30.3 Å². The number of nitrogen functional groups attached to an aromatic ring is 1. The lowest BCUT2D eigenvalue weighted by molar-refractivity contribution is -0.175. The van der Waals surface area contributed by atoms with Crippen LogP contribution in [0.3, 0.4) is 0 Å². The lowest BCUT2D eigenvalue weighted by atomic mass is 9.86. The zero-order valence-corrected chi connectivity index (χ0v) is 21.7. The SMILES string of the molecule is CC1CCN(c2ncc(C3=CCC(C(F)(F)F)CC3)cc2C(=O)NS(=O)(=O)c2cccc(N)n2)C1(C)C. The topological polar surface area (TPSA) is 118 Å². The summed E-state index contributed by atoms with van der Waals surface area (Å²) in [6.07, 6.45) is -0.402. The molecule has 2 unspecified atom stereocenters. The molecule has 1 fully saturated rings. The Hall–Kier alpha value is -3.15. The number of carbonyl (C=O) groups is 1. The Morgan fingerprint density at radius 3 is 2.54 bits per heavy atom. The molecule has 12 heteroatoms. The van der Waals surface area contributed by atoms with E-state index < -0.39 is 33.1 Å². The number of halogens is 3. The van der Waals surface area contributed by atoms with Crippen LogP contribution in [0.25, 0.3) is 5.57 Å².